The number of nitro groups is 1. The molecule has 0 aliphatic rings. The van der Waals surface area contributed by atoms with Gasteiger partial charge < -0.3 is 9.15 Å². The van der Waals surface area contributed by atoms with Crippen molar-refractivity contribution in [2.24, 2.45) is 0 Å². The molecule has 1 heterocycles. The van der Waals surface area contributed by atoms with Gasteiger partial charge in [0, 0.05) is 28.6 Å². The van der Waals surface area contributed by atoms with Gasteiger partial charge in [-0.3, -0.25) is 14.9 Å². The Balaban J connectivity index is 1.67. The normalized spacial score (nSPS) is 10.8. The standard InChI is InChI=1S/C23H13Cl2NO6/c24-14-6-7-15(19(8-14)26(29)30)20(27)12-31-22-11-21-17(9-18(22)25)16(10-23(28)32-21)13-4-2-1-3-5-13/h1-11H,12H2. The maximum Gasteiger partial charge on any atom is 0.336 e. The molecule has 0 atom stereocenters. The second kappa shape index (κ2) is 8.82. The minimum absolute atomic E-state index is 0.0949. The first-order chi connectivity index (χ1) is 15.3. The van der Waals surface area contributed by atoms with Crippen molar-refractivity contribution in [2.45, 2.75) is 0 Å². The topological polar surface area (TPSA) is 99.7 Å². The molecule has 0 amide bonds. The first-order valence-electron chi connectivity index (χ1n) is 9.26. The molecule has 0 aliphatic carbocycles. The molecule has 0 unspecified atom stereocenters. The maximum absolute atomic E-state index is 12.5. The third-order valence-electron chi connectivity index (χ3n) is 4.70. The van der Waals surface area contributed by atoms with E-state index in [0.29, 0.717) is 10.9 Å². The number of ether oxygens (including phenoxy) is 1. The third kappa shape index (κ3) is 4.34. The highest BCUT2D eigenvalue weighted by atomic mass is 35.5. The number of hydrogen-bond acceptors (Lipinski definition) is 6. The van der Waals surface area contributed by atoms with E-state index >= 15 is 0 Å². The van der Waals surface area contributed by atoms with E-state index in [1.165, 1.54) is 24.3 Å². The summed E-state index contributed by atoms with van der Waals surface area (Å²) in [6.45, 7) is -0.518. The molecule has 0 radical (unpaired) electrons. The van der Waals surface area contributed by atoms with E-state index in [-0.39, 0.29) is 26.9 Å². The highest BCUT2D eigenvalue weighted by Crippen LogP contribution is 2.35. The Labute approximate surface area is 190 Å². The van der Waals surface area contributed by atoms with Crippen LogP contribution in [0.4, 0.5) is 5.69 Å². The number of carbonyl (C=O) groups is 1. The lowest BCUT2D eigenvalue weighted by atomic mass is 10.0. The fourth-order valence-electron chi connectivity index (χ4n) is 3.24. The van der Waals surface area contributed by atoms with Gasteiger partial charge in [0.1, 0.15) is 11.3 Å². The molecule has 7 nitrogen and oxygen atoms in total. The largest absolute Gasteiger partial charge is 0.484 e. The Morgan fingerprint density at radius 2 is 1.78 bits per heavy atom. The fraction of sp³-hybridized carbons (Fsp3) is 0.0435. The minimum atomic E-state index is -0.693. The lowest BCUT2D eigenvalue weighted by molar-refractivity contribution is -0.385. The van der Waals surface area contributed by atoms with Crippen LogP contribution in [-0.4, -0.2) is 17.3 Å². The van der Waals surface area contributed by atoms with Crippen molar-refractivity contribution in [1.29, 1.82) is 0 Å². The molecular formula is C23H13Cl2NO6. The maximum atomic E-state index is 12.5. The molecule has 0 N–H and O–H groups in total. The smallest absolute Gasteiger partial charge is 0.336 e. The predicted molar refractivity (Wildman–Crippen MR) is 121 cm³/mol. The molecule has 32 heavy (non-hydrogen) atoms. The molecule has 160 valence electrons. The quantitative estimate of drug-likeness (QED) is 0.150. The van der Waals surface area contributed by atoms with Crippen molar-refractivity contribution < 1.29 is 18.9 Å². The number of hydrogen-bond donors (Lipinski definition) is 0. The SMILES string of the molecule is O=C(COc1cc2oc(=O)cc(-c3ccccc3)c2cc1Cl)c1ccc(Cl)cc1[N+](=O)[O-]. The molecule has 1 aromatic heterocycles. The van der Waals surface area contributed by atoms with Crippen LogP contribution >= 0.6 is 23.2 Å². The zero-order chi connectivity index (χ0) is 22.8. The minimum Gasteiger partial charge on any atom is -0.484 e. The summed E-state index contributed by atoms with van der Waals surface area (Å²) in [6, 6.07) is 17.3. The molecule has 3 aromatic carbocycles. The average molecular weight is 470 g/mol. The lowest BCUT2D eigenvalue weighted by Crippen LogP contribution is -2.13. The van der Waals surface area contributed by atoms with E-state index in [2.05, 4.69) is 0 Å². The van der Waals surface area contributed by atoms with Crippen LogP contribution in [0.2, 0.25) is 10.0 Å². The van der Waals surface area contributed by atoms with Gasteiger partial charge in [-0.2, -0.15) is 0 Å². The first kappa shape index (κ1) is 21.5. The van der Waals surface area contributed by atoms with Crippen LogP contribution < -0.4 is 10.4 Å². The number of halogens is 2. The van der Waals surface area contributed by atoms with Gasteiger partial charge in [0.2, 0.25) is 5.78 Å². The van der Waals surface area contributed by atoms with Gasteiger partial charge in [0.15, 0.2) is 6.61 Å². The van der Waals surface area contributed by atoms with Crippen LogP contribution in [0, 0.1) is 10.1 Å². The van der Waals surface area contributed by atoms with Gasteiger partial charge in [0.05, 0.1) is 15.5 Å². The molecule has 0 fully saturated rings. The third-order valence-corrected chi connectivity index (χ3v) is 5.23. The van der Waals surface area contributed by atoms with E-state index in [0.717, 1.165) is 11.6 Å². The van der Waals surface area contributed by atoms with E-state index in [1.807, 2.05) is 30.3 Å². The van der Waals surface area contributed by atoms with Crippen LogP contribution in [0.5, 0.6) is 5.75 Å². The van der Waals surface area contributed by atoms with Gasteiger partial charge in [-0.15, -0.1) is 0 Å². The van der Waals surface area contributed by atoms with Gasteiger partial charge in [-0.25, -0.2) is 4.79 Å². The summed E-state index contributed by atoms with van der Waals surface area (Å²) in [5.41, 5.74) is 0.542. The Hall–Kier alpha value is -3.68. The highest BCUT2D eigenvalue weighted by Gasteiger charge is 2.21. The predicted octanol–water partition coefficient (Wildman–Crippen LogP) is 5.94. The fourth-order valence-corrected chi connectivity index (χ4v) is 3.63. The summed E-state index contributed by atoms with van der Waals surface area (Å²) in [7, 11) is 0. The number of nitro benzene ring substituents is 1. The molecule has 0 bridgehead atoms. The van der Waals surface area contributed by atoms with Crippen molar-refractivity contribution in [2.75, 3.05) is 6.61 Å². The van der Waals surface area contributed by atoms with Gasteiger partial charge in [-0.1, -0.05) is 53.5 Å². The van der Waals surface area contributed by atoms with Crippen molar-refractivity contribution in [3.8, 4) is 16.9 Å². The Morgan fingerprint density at radius 1 is 1.03 bits per heavy atom. The van der Waals surface area contributed by atoms with Crippen LogP contribution in [-0.2, 0) is 0 Å². The zero-order valence-corrected chi connectivity index (χ0v) is 17.7. The van der Waals surface area contributed by atoms with Crippen LogP contribution in [0.15, 0.2) is 75.9 Å². The molecule has 4 aromatic rings. The zero-order valence-electron chi connectivity index (χ0n) is 16.2. The number of rotatable bonds is 6. The summed E-state index contributed by atoms with van der Waals surface area (Å²) >= 11 is 12.1. The van der Waals surface area contributed by atoms with Crippen LogP contribution in [0.3, 0.4) is 0 Å². The van der Waals surface area contributed by atoms with Crippen molar-refractivity contribution in [3.63, 3.8) is 0 Å². The molecule has 9 heteroatoms. The molecule has 0 aliphatic heterocycles. The molecule has 0 saturated heterocycles. The summed E-state index contributed by atoms with van der Waals surface area (Å²) < 4.78 is 10.8. The van der Waals surface area contributed by atoms with E-state index < -0.39 is 28.6 Å². The molecule has 0 spiro atoms. The number of nitrogens with zero attached hydrogens (tertiary/aromatic N) is 1. The van der Waals surface area contributed by atoms with Gasteiger partial charge >= 0.3 is 5.63 Å². The summed E-state index contributed by atoms with van der Waals surface area (Å²) in [5.74, 6) is -0.540. The average Bonchev–Trinajstić information content (AvgIpc) is 2.77. The Morgan fingerprint density at radius 3 is 2.50 bits per heavy atom. The molecule has 4 rings (SSSR count). The van der Waals surface area contributed by atoms with Crippen molar-refractivity contribution in [3.05, 3.63) is 103 Å². The van der Waals surface area contributed by atoms with Crippen LogP contribution in [0.25, 0.3) is 22.1 Å². The number of carbonyl (C=O) groups excluding carboxylic acids is 1. The Kier molecular flexibility index (Phi) is 5.94. The summed E-state index contributed by atoms with van der Waals surface area (Å²) in [6.07, 6.45) is 0. The Bertz CT molecular complexity index is 1420. The summed E-state index contributed by atoms with van der Waals surface area (Å²) in [5, 5.41) is 12.1. The lowest BCUT2D eigenvalue weighted by Gasteiger charge is -2.11. The number of Topliss-reactive ketones (excluding diaryl/α,β-unsaturated/α-hetero) is 1. The molecule has 0 saturated carbocycles. The summed E-state index contributed by atoms with van der Waals surface area (Å²) in [4.78, 5) is 35.2. The second-order valence-electron chi connectivity index (χ2n) is 6.75. The first-order valence-corrected chi connectivity index (χ1v) is 10.0. The van der Waals surface area contributed by atoms with Crippen LogP contribution in [0.1, 0.15) is 10.4 Å². The van der Waals surface area contributed by atoms with Gasteiger partial charge in [-0.05, 0) is 29.3 Å². The van der Waals surface area contributed by atoms with E-state index in [9.17, 15) is 19.7 Å². The van der Waals surface area contributed by atoms with Crippen molar-refractivity contribution >= 4 is 45.6 Å². The highest BCUT2D eigenvalue weighted by molar-refractivity contribution is 6.33. The van der Waals surface area contributed by atoms with E-state index in [4.69, 9.17) is 32.4 Å². The number of fused-ring (bicyclic) bond motifs is 1. The molecular weight excluding hydrogens is 457 g/mol. The van der Waals surface area contributed by atoms with Gasteiger partial charge in [0.25, 0.3) is 5.69 Å². The number of benzene rings is 3. The second-order valence-corrected chi connectivity index (χ2v) is 7.60. The van der Waals surface area contributed by atoms with Crippen molar-refractivity contribution in [1.82, 2.24) is 0 Å². The van der Waals surface area contributed by atoms with E-state index in [1.54, 1.807) is 6.07 Å². The number of ketones is 1. The monoisotopic (exact) mass is 469 g/mol.